The molecule has 2 fully saturated rings. The van der Waals surface area contributed by atoms with Gasteiger partial charge in [-0.3, -0.25) is 4.79 Å². The number of carbonyl (C=O) groups is 1. The normalized spacial score (nSPS) is 29.4. The molecule has 0 aromatic heterocycles. The predicted molar refractivity (Wildman–Crippen MR) is 63.3 cm³/mol. The van der Waals surface area contributed by atoms with Crippen LogP contribution in [0, 0.1) is 0 Å². The third-order valence-corrected chi connectivity index (χ3v) is 6.61. The molecule has 2 rings (SSSR count). The van der Waals surface area contributed by atoms with Gasteiger partial charge in [-0.15, -0.1) is 0 Å². The molecule has 2 heterocycles. The Morgan fingerprint density at radius 3 is 2.53 bits per heavy atom. The maximum atomic E-state index is 12.0. The van der Waals surface area contributed by atoms with Gasteiger partial charge >= 0.3 is 0 Å². The summed E-state index contributed by atoms with van der Waals surface area (Å²) in [4.78, 5) is 13.1. The van der Waals surface area contributed by atoms with E-state index in [1.807, 2.05) is 0 Å². The van der Waals surface area contributed by atoms with E-state index in [0.717, 1.165) is 0 Å². The van der Waals surface area contributed by atoms with Crippen molar-refractivity contribution in [3.05, 3.63) is 12.7 Å². The monoisotopic (exact) mass is 259 g/mol. The largest absolute Gasteiger partial charge is 0.381 e. The van der Waals surface area contributed by atoms with E-state index in [-0.39, 0.29) is 17.7 Å². The van der Waals surface area contributed by atoms with E-state index in [0.29, 0.717) is 26.1 Å². The highest BCUT2D eigenvalue weighted by Gasteiger charge is 2.62. The number of hydrogen-bond donors (Lipinski definition) is 0. The molecular formula is C11H17NO4S. The van der Waals surface area contributed by atoms with E-state index < -0.39 is 14.6 Å². The Morgan fingerprint density at radius 2 is 2.06 bits per heavy atom. The van der Waals surface area contributed by atoms with E-state index in [4.69, 9.17) is 4.74 Å². The van der Waals surface area contributed by atoms with Gasteiger partial charge in [0.2, 0.25) is 5.91 Å². The van der Waals surface area contributed by atoms with Gasteiger partial charge in [0.05, 0.1) is 16.5 Å². The molecule has 1 unspecified atom stereocenters. The number of amides is 1. The van der Waals surface area contributed by atoms with Crippen molar-refractivity contribution in [3.63, 3.8) is 0 Å². The van der Waals surface area contributed by atoms with Crippen molar-refractivity contribution in [2.24, 2.45) is 0 Å². The van der Waals surface area contributed by atoms with E-state index in [9.17, 15) is 13.2 Å². The van der Waals surface area contributed by atoms with Gasteiger partial charge in [-0.1, -0.05) is 6.58 Å². The molecule has 1 atom stereocenters. The summed E-state index contributed by atoms with van der Waals surface area (Å²) in [5.41, 5.74) is 0. The quantitative estimate of drug-likeness (QED) is 0.654. The zero-order valence-corrected chi connectivity index (χ0v) is 10.7. The highest BCUT2D eigenvalue weighted by molar-refractivity contribution is 7.94. The van der Waals surface area contributed by atoms with Crippen LogP contribution in [-0.4, -0.2) is 56.0 Å². The van der Waals surface area contributed by atoms with Gasteiger partial charge in [0, 0.05) is 20.3 Å². The molecule has 0 aromatic rings. The maximum Gasteiger partial charge on any atom is 0.246 e. The Balaban J connectivity index is 2.26. The summed E-state index contributed by atoms with van der Waals surface area (Å²) in [6.07, 6.45) is 2.18. The second kappa shape index (κ2) is 4.10. The van der Waals surface area contributed by atoms with Crippen molar-refractivity contribution in [3.8, 4) is 0 Å². The predicted octanol–water partition coefficient (Wildman–Crippen LogP) is -0.0230. The number of hydrogen-bond acceptors (Lipinski definition) is 4. The summed E-state index contributed by atoms with van der Waals surface area (Å²) >= 11 is 0. The molecule has 6 heteroatoms. The average molecular weight is 259 g/mol. The fraction of sp³-hybridized carbons (Fsp3) is 0.727. The first kappa shape index (κ1) is 12.6. The molecule has 2 saturated heterocycles. The molecule has 0 saturated carbocycles. The molecule has 17 heavy (non-hydrogen) atoms. The third-order valence-electron chi connectivity index (χ3n) is 3.93. The minimum absolute atomic E-state index is 0.0586. The van der Waals surface area contributed by atoms with Gasteiger partial charge in [0.1, 0.15) is 0 Å². The molecule has 2 aliphatic rings. The van der Waals surface area contributed by atoms with Crippen LogP contribution in [0.3, 0.4) is 0 Å². The van der Waals surface area contributed by atoms with E-state index in [2.05, 4.69) is 6.58 Å². The van der Waals surface area contributed by atoms with Crippen LogP contribution in [0.2, 0.25) is 0 Å². The summed E-state index contributed by atoms with van der Waals surface area (Å²) in [6.45, 7) is 4.33. The SMILES string of the molecule is C=CC(=O)N(C)C1CS(=O)(=O)C12CCOCC2. The van der Waals surface area contributed by atoms with Gasteiger partial charge in [0.25, 0.3) is 0 Å². The molecule has 0 N–H and O–H groups in total. The fourth-order valence-corrected chi connectivity index (χ4v) is 5.19. The summed E-state index contributed by atoms with van der Waals surface area (Å²) < 4.78 is 28.4. The summed E-state index contributed by atoms with van der Waals surface area (Å²) in [6, 6.07) is -0.234. The summed E-state index contributed by atoms with van der Waals surface area (Å²) in [5, 5.41) is 0. The Bertz CT molecular complexity index is 436. The van der Waals surface area contributed by atoms with Crippen LogP contribution < -0.4 is 0 Å². The topological polar surface area (TPSA) is 63.7 Å². The lowest BCUT2D eigenvalue weighted by Gasteiger charge is -2.53. The van der Waals surface area contributed by atoms with Gasteiger partial charge in [-0.25, -0.2) is 8.42 Å². The Labute approximate surface area is 101 Å². The summed E-state index contributed by atoms with van der Waals surface area (Å²) in [5.74, 6) is -0.168. The highest BCUT2D eigenvalue weighted by atomic mass is 32.2. The first-order valence-corrected chi connectivity index (χ1v) is 7.29. The third kappa shape index (κ3) is 1.70. The van der Waals surface area contributed by atoms with Crippen molar-refractivity contribution in [1.82, 2.24) is 4.90 Å². The Kier molecular flexibility index (Phi) is 3.03. The first-order valence-electron chi connectivity index (χ1n) is 5.64. The molecule has 96 valence electrons. The Morgan fingerprint density at radius 1 is 1.47 bits per heavy atom. The fourth-order valence-electron chi connectivity index (χ4n) is 2.76. The number of sulfone groups is 1. The molecule has 2 aliphatic heterocycles. The number of carbonyl (C=O) groups excluding carboxylic acids is 1. The van der Waals surface area contributed by atoms with Crippen LogP contribution >= 0.6 is 0 Å². The number of nitrogens with zero attached hydrogens (tertiary/aromatic N) is 1. The van der Waals surface area contributed by atoms with Crippen LogP contribution in [0.25, 0.3) is 0 Å². The van der Waals surface area contributed by atoms with Crippen molar-refractivity contribution in [2.75, 3.05) is 26.0 Å². The smallest absolute Gasteiger partial charge is 0.246 e. The van der Waals surface area contributed by atoms with Crippen LogP contribution in [0.5, 0.6) is 0 Å². The van der Waals surface area contributed by atoms with Crippen molar-refractivity contribution in [1.29, 1.82) is 0 Å². The number of ether oxygens (including phenoxy) is 1. The molecule has 0 radical (unpaired) electrons. The van der Waals surface area contributed by atoms with Crippen LogP contribution in [0.4, 0.5) is 0 Å². The second-order valence-electron chi connectivity index (χ2n) is 4.63. The minimum atomic E-state index is -3.09. The zero-order valence-electron chi connectivity index (χ0n) is 9.89. The van der Waals surface area contributed by atoms with Gasteiger partial charge in [-0.05, 0) is 18.9 Å². The molecule has 0 bridgehead atoms. The number of likely N-dealkylation sites (N-methyl/N-ethyl adjacent to an activating group) is 1. The van der Waals surface area contributed by atoms with Crippen molar-refractivity contribution >= 4 is 15.7 Å². The lowest BCUT2D eigenvalue weighted by atomic mass is 9.89. The molecule has 1 amide bonds. The molecular weight excluding hydrogens is 242 g/mol. The van der Waals surface area contributed by atoms with Crippen LogP contribution in [-0.2, 0) is 19.4 Å². The first-order chi connectivity index (χ1) is 7.94. The molecule has 0 aliphatic carbocycles. The van der Waals surface area contributed by atoms with Crippen LogP contribution in [0.15, 0.2) is 12.7 Å². The van der Waals surface area contributed by atoms with Crippen molar-refractivity contribution < 1.29 is 17.9 Å². The Hall–Kier alpha value is -0.880. The zero-order chi connectivity index (χ0) is 12.7. The van der Waals surface area contributed by atoms with E-state index >= 15 is 0 Å². The second-order valence-corrected chi connectivity index (χ2v) is 7.00. The number of rotatable bonds is 2. The van der Waals surface area contributed by atoms with Crippen molar-refractivity contribution in [2.45, 2.75) is 23.6 Å². The van der Waals surface area contributed by atoms with Gasteiger partial charge in [0.15, 0.2) is 9.84 Å². The maximum absolute atomic E-state index is 12.0. The highest BCUT2D eigenvalue weighted by Crippen LogP contribution is 2.44. The minimum Gasteiger partial charge on any atom is -0.381 e. The van der Waals surface area contributed by atoms with Gasteiger partial charge < -0.3 is 9.64 Å². The summed E-state index contributed by atoms with van der Waals surface area (Å²) in [7, 11) is -1.45. The lowest BCUT2D eigenvalue weighted by Crippen LogP contribution is -2.71. The molecule has 1 spiro atoms. The van der Waals surface area contributed by atoms with E-state index in [1.54, 1.807) is 7.05 Å². The molecule has 0 aromatic carbocycles. The lowest BCUT2D eigenvalue weighted by molar-refractivity contribution is -0.128. The molecule has 5 nitrogen and oxygen atoms in total. The standard InChI is InChI=1S/C11H17NO4S/c1-3-10(13)12(2)9-8-17(14,15)11(9)4-6-16-7-5-11/h3,9H,1,4-8H2,2H3. The van der Waals surface area contributed by atoms with Gasteiger partial charge in [-0.2, -0.15) is 0 Å². The average Bonchev–Trinajstić information content (AvgIpc) is 2.35. The van der Waals surface area contributed by atoms with Crippen LogP contribution in [0.1, 0.15) is 12.8 Å². The van der Waals surface area contributed by atoms with E-state index in [1.165, 1.54) is 11.0 Å².